The second kappa shape index (κ2) is 4.89. The molecule has 2 rings (SSSR count). The molecule has 0 fully saturated rings. The summed E-state index contributed by atoms with van der Waals surface area (Å²) in [5, 5.41) is 0. The molecule has 1 amide bonds. The fourth-order valence-electron chi connectivity index (χ4n) is 1.96. The average molecular weight is 265 g/mol. The lowest BCUT2D eigenvalue weighted by Gasteiger charge is -2.17. The maximum Gasteiger partial charge on any atom is 0.265 e. The number of hydrogen-bond donors (Lipinski definition) is 0. The number of carbonyl (C=O) groups is 2. The normalized spacial score (nSPS) is 10.8. The van der Waals surface area contributed by atoms with Gasteiger partial charge in [0.05, 0.1) is 6.20 Å². The smallest absolute Gasteiger partial charge is 0.265 e. The van der Waals surface area contributed by atoms with Gasteiger partial charge in [0.15, 0.2) is 11.2 Å². The Balaban J connectivity index is 2.52. The van der Waals surface area contributed by atoms with E-state index in [-0.39, 0.29) is 5.91 Å². The van der Waals surface area contributed by atoms with Crippen molar-refractivity contribution < 1.29 is 9.59 Å². The molecule has 0 aliphatic rings. The van der Waals surface area contributed by atoms with Crippen molar-refractivity contribution in [2.45, 2.75) is 20.8 Å². The zero-order valence-corrected chi connectivity index (χ0v) is 11.5. The van der Waals surface area contributed by atoms with Crippen molar-refractivity contribution in [2.24, 2.45) is 0 Å². The summed E-state index contributed by atoms with van der Waals surface area (Å²) in [7, 11) is 0. The van der Waals surface area contributed by atoms with Crippen molar-refractivity contribution in [3.05, 3.63) is 22.5 Å². The molecule has 0 unspecified atom stereocenters. The number of thiazole rings is 1. The van der Waals surface area contributed by atoms with Crippen molar-refractivity contribution in [3.8, 4) is 0 Å². The first-order valence-corrected chi connectivity index (χ1v) is 6.66. The van der Waals surface area contributed by atoms with E-state index in [2.05, 4.69) is 4.98 Å². The Morgan fingerprint density at radius 2 is 2.17 bits per heavy atom. The van der Waals surface area contributed by atoms with Gasteiger partial charge in [-0.3, -0.25) is 14.0 Å². The summed E-state index contributed by atoms with van der Waals surface area (Å²) in [6.07, 6.45) is 2.28. The summed E-state index contributed by atoms with van der Waals surface area (Å²) in [6.45, 7) is 7.10. The second-order valence-electron chi connectivity index (χ2n) is 3.91. The van der Waals surface area contributed by atoms with Crippen LogP contribution in [0, 0.1) is 6.92 Å². The molecule has 18 heavy (non-hydrogen) atoms. The zero-order valence-electron chi connectivity index (χ0n) is 10.6. The fourth-order valence-corrected chi connectivity index (χ4v) is 3.04. The lowest BCUT2D eigenvalue weighted by Crippen LogP contribution is -2.30. The molecular weight excluding hydrogens is 250 g/mol. The average Bonchev–Trinajstić information content (AvgIpc) is 2.91. The Morgan fingerprint density at radius 3 is 2.72 bits per heavy atom. The number of imidazole rings is 1. The van der Waals surface area contributed by atoms with Crippen molar-refractivity contribution in [1.29, 1.82) is 0 Å². The molecule has 2 aromatic rings. The Labute approximate surface area is 109 Å². The summed E-state index contributed by atoms with van der Waals surface area (Å²) in [5.74, 6) is 0.00449. The Hall–Kier alpha value is -1.69. The van der Waals surface area contributed by atoms with E-state index < -0.39 is 0 Å². The number of fused-ring (bicyclic) bond motifs is 1. The molecule has 0 bridgehead atoms. The summed E-state index contributed by atoms with van der Waals surface area (Å²) in [5.41, 5.74) is 1.27. The van der Waals surface area contributed by atoms with E-state index in [0.29, 0.717) is 28.6 Å². The van der Waals surface area contributed by atoms with Crippen molar-refractivity contribution in [3.63, 3.8) is 0 Å². The molecular formula is C12H15N3O2S. The van der Waals surface area contributed by atoms with Crippen molar-refractivity contribution >= 4 is 28.5 Å². The van der Waals surface area contributed by atoms with Crippen LogP contribution in [0.1, 0.15) is 39.7 Å². The highest BCUT2D eigenvalue weighted by Crippen LogP contribution is 2.24. The van der Waals surface area contributed by atoms with Crippen LogP contribution in [0.4, 0.5) is 0 Å². The number of hydrogen-bond acceptors (Lipinski definition) is 4. The van der Waals surface area contributed by atoms with Gasteiger partial charge in [-0.1, -0.05) is 11.3 Å². The van der Waals surface area contributed by atoms with Gasteiger partial charge >= 0.3 is 0 Å². The number of amides is 1. The second-order valence-corrected chi connectivity index (χ2v) is 4.89. The lowest BCUT2D eigenvalue weighted by molar-refractivity contribution is 0.0776. The highest BCUT2D eigenvalue weighted by Gasteiger charge is 2.21. The van der Waals surface area contributed by atoms with Gasteiger partial charge < -0.3 is 4.90 Å². The Bertz CT molecular complexity index is 596. The topological polar surface area (TPSA) is 54.7 Å². The van der Waals surface area contributed by atoms with Crippen LogP contribution in [0.15, 0.2) is 6.20 Å². The SMILES string of the molecule is CCN(CC)C(=O)c1sc2ncc(C=O)n2c1C. The molecule has 0 atom stereocenters. The number of aldehydes is 1. The minimum atomic E-state index is 0.00449. The van der Waals surface area contributed by atoms with Gasteiger partial charge in [-0.05, 0) is 20.8 Å². The first kappa shape index (κ1) is 12.8. The van der Waals surface area contributed by atoms with Crippen LogP contribution in [0.2, 0.25) is 0 Å². The fraction of sp³-hybridized carbons (Fsp3) is 0.417. The molecule has 0 N–H and O–H groups in total. The van der Waals surface area contributed by atoms with Crippen LogP contribution in [0.3, 0.4) is 0 Å². The molecule has 2 aromatic heterocycles. The quantitative estimate of drug-likeness (QED) is 0.794. The van der Waals surface area contributed by atoms with E-state index >= 15 is 0 Å². The van der Waals surface area contributed by atoms with E-state index in [1.165, 1.54) is 17.5 Å². The van der Waals surface area contributed by atoms with Crippen molar-refractivity contribution in [1.82, 2.24) is 14.3 Å². The zero-order chi connectivity index (χ0) is 13.3. The first-order chi connectivity index (χ1) is 8.63. The molecule has 0 aliphatic carbocycles. The Kier molecular flexibility index (Phi) is 3.47. The van der Waals surface area contributed by atoms with Gasteiger partial charge in [0, 0.05) is 18.8 Å². The maximum absolute atomic E-state index is 12.3. The number of aryl methyl sites for hydroxylation is 1. The van der Waals surface area contributed by atoms with Crippen LogP contribution in [0.25, 0.3) is 4.96 Å². The molecule has 6 heteroatoms. The maximum atomic E-state index is 12.3. The van der Waals surface area contributed by atoms with Crippen LogP contribution in [-0.2, 0) is 0 Å². The monoisotopic (exact) mass is 265 g/mol. The summed E-state index contributed by atoms with van der Waals surface area (Å²) >= 11 is 1.33. The molecule has 0 saturated carbocycles. The number of rotatable bonds is 4. The van der Waals surface area contributed by atoms with Gasteiger partial charge in [0.25, 0.3) is 5.91 Å². The third kappa shape index (κ3) is 1.82. The standard InChI is InChI=1S/C12H15N3O2S/c1-4-14(5-2)11(17)10-8(3)15-9(7-16)6-13-12(15)18-10/h6-7H,4-5H2,1-3H3. The van der Waals surface area contributed by atoms with Crippen LogP contribution >= 0.6 is 11.3 Å². The molecule has 96 valence electrons. The van der Waals surface area contributed by atoms with Crippen LogP contribution in [-0.4, -0.2) is 39.6 Å². The van der Waals surface area contributed by atoms with Gasteiger partial charge in [0.1, 0.15) is 10.6 Å². The minimum absolute atomic E-state index is 0.00449. The summed E-state index contributed by atoms with van der Waals surface area (Å²) in [4.78, 5) is 30.5. The van der Waals surface area contributed by atoms with E-state index in [1.807, 2.05) is 20.8 Å². The highest BCUT2D eigenvalue weighted by atomic mass is 32.1. The summed E-state index contributed by atoms with van der Waals surface area (Å²) in [6, 6.07) is 0. The number of aromatic nitrogens is 2. The molecule has 0 aliphatic heterocycles. The van der Waals surface area contributed by atoms with Crippen molar-refractivity contribution in [2.75, 3.05) is 13.1 Å². The van der Waals surface area contributed by atoms with Gasteiger partial charge in [-0.25, -0.2) is 4.98 Å². The van der Waals surface area contributed by atoms with E-state index in [1.54, 1.807) is 9.30 Å². The number of nitrogens with zero attached hydrogens (tertiary/aromatic N) is 3. The van der Waals surface area contributed by atoms with Crippen LogP contribution < -0.4 is 0 Å². The Morgan fingerprint density at radius 1 is 1.50 bits per heavy atom. The molecule has 0 saturated heterocycles. The number of carbonyl (C=O) groups excluding carboxylic acids is 2. The third-order valence-electron chi connectivity index (χ3n) is 2.98. The molecule has 0 aromatic carbocycles. The van der Waals surface area contributed by atoms with Crippen LogP contribution in [0.5, 0.6) is 0 Å². The van der Waals surface area contributed by atoms with Gasteiger partial charge in [-0.15, -0.1) is 0 Å². The highest BCUT2D eigenvalue weighted by molar-refractivity contribution is 7.19. The van der Waals surface area contributed by atoms with Gasteiger partial charge in [-0.2, -0.15) is 0 Å². The molecule has 0 radical (unpaired) electrons. The lowest BCUT2D eigenvalue weighted by atomic mass is 10.3. The third-order valence-corrected chi connectivity index (χ3v) is 4.12. The van der Waals surface area contributed by atoms with E-state index in [9.17, 15) is 9.59 Å². The van der Waals surface area contributed by atoms with E-state index in [4.69, 9.17) is 0 Å². The van der Waals surface area contributed by atoms with E-state index in [0.717, 1.165) is 12.0 Å². The molecule has 5 nitrogen and oxygen atoms in total. The largest absolute Gasteiger partial charge is 0.338 e. The molecule has 2 heterocycles. The predicted octanol–water partition coefficient (Wildman–Crippen LogP) is 2.00. The molecule has 0 spiro atoms. The first-order valence-electron chi connectivity index (χ1n) is 5.85. The predicted molar refractivity (Wildman–Crippen MR) is 70.4 cm³/mol. The minimum Gasteiger partial charge on any atom is -0.338 e. The summed E-state index contributed by atoms with van der Waals surface area (Å²) < 4.78 is 1.73. The van der Waals surface area contributed by atoms with Gasteiger partial charge in [0.2, 0.25) is 0 Å².